The highest BCUT2D eigenvalue weighted by molar-refractivity contribution is 5.77. The number of amides is 1. The molecule has 0 saturated carbocycles. The molecule has 5 heteroatoms. The Labute approximate surface area is 132 Å². The monoisotopic (exact) mass is 306 g/mol. The number of morpholine rings is 1. The number of hydrogen-bond acceptors (Lipinski definition) is 4. The maximum absolute atomic E-state index is 11.8. The highest BCUT2D eigenvalue weighted by Gasteiger charge is 2.10. The molecule has 0 atom stereocenters. The lowest BCUT2D eigenvalue weighted by atomic mass is 10.1. The van der Waals surface area contributed by atoms with Gasteiger partial charge in [0.05, 0.1) is 13.2 Å². The molecule has 1 fully saturated rings. The summed E-state index contributed by atoms with van der Waals surface area (Å²) in [4.78, 5) is 14.2. The van der Waals surface area contributed by atoms with E-state index in [1.165, 1.54) is 0 Å². The van der Waals surface area contributed by atoms with Crippen molar-refractivity contribution in [2.24, 2.45) is 0 Å². The van der Waals surface area contributed by atoms with Gasteiger partial charge >= 0.3 is 0 Å². The minimum absolute atomic E-state index is 0.0621. The number of ether oxygens (including phenoxy) is 2. The molecule has 5 nitrogen and oxygen atoms in total. The average Bonchev–Trinajstić information content (AvgIpc) is 2.58. The second-order valence-electron chi connectivity index (χ2n) is 5.41. The lowest BCUT2D eigenvalue weighted by molar-refractivity contribution is -0.123. The number of carbonyl (C=O) groups excluding carboxylic acids is 1. The first-order valence-electron chi connectivity index (χ1n) is 8.07. The lowest BCUT2D eigenvalue weighted by Gasteiger charge is -2.26. The normalized spacial score (nSPS) is 15.5. The third kappa shape index (κ3) is 5.66. The van der Waals surface area contributed by atoms with E-state index in [0.29, 0.717) is 6.54 Å². The Bertz CT molecular complexity index is 459. The van der Waals surface area contributed by atoms with Gasteiger partial charge in [-0.25, -0.2) is 0 Å². The highest BCUT2D eigenvalue weighted by atomic mass is 16.5. The standard InChI is InChI=1S/C17H26N2O3/c1-2-15-6-3-4-7-16(15)22-14-17(20)18-8-5-9-19-10-12-21-13-11-19/h3-4,6-7H,2,5,8-14H2,1H3,(H,18,20). The molecule has 1 saturated heterocycles. The van der Waals surface area contributed by atoms with Crippen LogP contribution in [0, 0.1) is 0 Å². The fourth-order valence-electron chi connectivity index (χ4n) is 2.49. The van der Waals surface area contributed by atoms with Crippen molar-refractivity contribution in [3.8, 4) is 5.75 Å². The van der Waals surface area contributed by atoms with E-state index in [9.17, 15) is 4.79 Å². The van der Waals surface area contributed by atoms with E-state index in [0.717, 1.165) is 57.0 Å². The van der Waals surface area contributed by atoms with E-state index in [2.05, 4.69) is 17.1 Å². The summed E-state index contributed by atoms with van der Waals surface area (Å²) in [5.41, 5.74) is 1.13. The fraction of sp³-hybridized carbons (Fsp3) is 0.588. The molecule has 0 spiro atoms. The molecule has 22 heavy (non-hydrogen) atoms. The van der Waals surface area contributed by atoms with Gasteiger partial charge in [0, 0.05) is 19.6 Å². The number of aryl methyl sites for hydroxylation is 1. The molecule has 1 aliphatic rings. The zero-order chi connectivity index (χ0) is 15.6. The highest BCUT2D eigenvalue weighted by Crippen LogP contribution is 2.17. The first-order valence-corrected chi connectivity index (χ1v) is 8.07. The summed E-state index contributed by atoms with van der Waals surface area (Å²) in [5, 5.41) is 2.91. The van der Waals surface area contributed by atoms with Gasteiger partial charge in [0.15, 0.2) is 6.61 Å². The summed E-state index contributed by atoms with van der Waals surface area (Å²) in [7, 11) is 0. The van der Waals surface area contributed by atoms with Gasteiger partial charge in [0.2, 0.25) is 0 Å². The molecule has 0 bridgehead atoms. The Kier molecular flexibility index (Phi) is 7.19. The van der Waals surface area contributed by atoms with Crippen LogP contribution in [-0.4, -0.2) is 56.8 Å². The predicted molar refractivity (Wildman–Crippen MR) is 86.2 cm³/mol. The molecule has 122 valence electrons. The number of benzene rings is 1. The quantitative estimate of drug-likeness (QED) is 0.739. The van der Waals surface area contributed by atoms with E-state index in [1.807, 2.05) is 24.3 Å². The summed E-state index contributed by atoms with van der Waals surface area (Å²) in [6.45, 7) is 7.46. The van der Waals surface area contributed by atoms with Gasteiger partial charge in [-0.15, -0.1) is 0 Å². The van der Waals surface area contributed by atoms with Crippen molar-refractivity contribution in [1.82, 2.24) is 10.2 Å². The minimum Gasteiger partial charge on any atom is -0.483 e. The molecule has 1 aromatic carbocycles. The van der Waals surface area contributed by atoms with Crippen molar-refractivity contribution in [3.63, 3.8) is 0 Å². The topological polar surface area (TPSA) is 50.8 Å². The maximum atomic E-state index is 11.8. The number of nitrogens with zero attached hydrogens (tertiary/aromatic N) is 1. The van der Waals surface area contributed by atoms with E-state index in [1.54, 1.807) is 0 Å². The molecular weight excluding hydrogens is 280 g/mol. The largest absolute Gasteiger partial charge is 0.483 e. The molecule has 0 unspecified atom stereocenters. The van der Waals surface area contributed by atoms with Crippen molar-refractivity contribution in [2.75, 3.05) is 46.0 Å². The fourth-order valence-corrected chi connectivity index (χ4v) is 2.49. The van der Waals surface area contributed by atoms with Crippen LogP contribution in [0.25, 0.3) is 0 Å². The Morgan fingerprint density at radius 3 is 2.86 bits per heavy atom. The Morgan fingerprint density at radius 1 is 1.32 bits per heavy atom. The number of hydrogen-bond donors (Lipinski definition) is 1. The third-order valence-electron chi connectivity index (χ3n) is 3.79. The van der Waals surface area contributed by atoms with Crippen LogP contribution in [0.5, 0.6) is 5.75 Å². The summed E-state index contributed by atoms with van der Waals surface area (Å²) in [5.74, 6) is 0.737. The van der Waals surface area contributed by atoms with Crippen molar-refractivity contribution in [2.45, 2.75) is 19.8 Å². The van der Waals surface area contributed by atoms with Crippen LogP contribution in [0.2, 0.25) is 0 Å². The number of para-hydroxylation sites is 1. The first kappa shape index (κ1) is 16.8. The predicted octanol–water partition coefficient (Wildman–Crippen LogP) is 1.47. The van der Waals surface area contributed by atoms with E-state index in [4.69, 9.17) is 9.47 Å². The van der Waals surface area contributed by atoms with Crippen LogP contribution in [0.15, 0.2) is 24.3 Å². The van der Waals surface area contributed by atoms with E-state index in [-0.39, 0.29) is 12.5 Å². The molecule has 1 N–H and O–H groups in total. The van der Waals surface area contributed by atoms with Gasteiger partial charge in [0.1, 0.15) is 5.75 Å². The molecule has 0 aromatic heterocycles. The second-order valence-corrected chi connectivity index (χ2v) is 5.41. The zero-order valence-corrected chi connectivity index (χ0v) is 13.3. The van der Waals surface area contributed by atoms with Crippen LogP contribution < -0.4 is 10.1 Å². The molecule has 0 aliphatic carbocycles. The second kappa shape index (κ2) is 9.43. The molecule has 2 rings (SSSR count). The van der Waals surface area contributed by atoms with Gasteiger partial charge in [0.25, 0.3) is 5.91 Å². The molecule has 0 radical (unpaired) electrons. The van der Waals surface area contributed by atoms with Crippen LogP contribution in [0.4, 0.5) is 0 Å². The van der Waals surface area contributed by atoms with Crippen LogP contribution in [-0.2, 0) is 16.0 Å². The molecule has 1 aliphatic heterocycles. The number of nitrogens with one attached hydrogen (secondary N) is 1. The van der Waals surface area contributed by atoms with Gasteiger partial charge in [-0.05, 0) is 31.0 Å². The van der Waals surface area contributed by atoms with E-state index >= 15 is 0 Å². The SMILES string of the molecule is CCc1ccccc1OCC(=O)NCCCN1CCOCC1. The first-order chi connectivity index (χ1) is 10.8. The lowest BCUT2D eigenvalue weighted by Crippen LogP contribution is -2.38. The summed E-state index contributed by atoms with van der Waals surface area (Å²) in [6, 6.07) is 7.84. The minimum atomic E-state index is -0.0621. The third-order valence-corrected chi connectivity index (χ3v) is 3.79. The van der Waals surface area contributed by atoms with Crippen molar-refractivity contribution < 1.29 is 14.3 Å². The zero-order valence-electron chi connectivity index (χ0n) is 13.3. The Morgan fingerprint density at radius 2 is 2.09 bits per heavy atom. The van der Waals surface area contributed by atoms with Gasteiger partial charge in [-0.3, -0.25) is 9.69 Å². The van der Waals surface area contributed by atoms with Crippen molar-refractivity contribution in [3.05, 3.63) is 29.8 Å². The number of carbonyl (C=O) groups is 1. The summed E-state index contributed by atoms with van der Waals surface area (Å²) < 4.78 is 10.9. The van der Waals surface area contributed by atoms with Gasteiger partial charge < -0.3 is 14.8 Å². The van der Waals surface area contributed by atoms with Crippen LogP contribution in [0.3, 0.4) is 0 Å². The van der Waals surface area contributed by atoms with Gasteiger partial charge in [-0.1, -0.05) is 25.1 Å². The Balaban J connectivity index is 1.59. The van der Waals surface area contributed by atoms with Crippen molar-refractivity contribution in [1.29, 1.82) is 0 Å². The molecule has 1 amide bonds. The average molecular weight is 306 g/mol. The Hall–Kier alpha value is -1.59. The van der Waals surface area contributed by atoms with Crippen molar-refractivity contribution >= 4 is 5.91 Å². The number of rotatable bonds is 8. The summed E-state index contributed by atoms with van der Waals surface area (Å²) in [6.07, 6.45) is 1.86. The smallest absolute Gasteiger partial charge is 0.257 e. The van der Waals surface area contributed by atoms with E-state index < -0.39 is 0 Å². The van der Waals surface area contributed by atoms with Crippen LogP contribution in [0.1, 0.15) is 18.9 Å². The molecule has 1 aromatic rings. The van der Waals surface area contributed by atoms with Crippen LogP contribution >= 0.6 is 0 Å². The molecule has 1 heterocycles. The maximum Gasteiger partial charge on any atom is 0.257 e. The molecular formula is C17H26N2O3. The van der Waals surface area contributed by atoms with Gasteiger partial charge in [-0.2, -0.15) is 0 Å². The summed E-state index contributed by atoms with van der Waals surface area (Å²) >= 11 is 0.